The molecule has 6 heterocycles. The van der Waals surface area contributed by atoms with Gasteiger partial charge in [-0.05, 0) is 98.2 Å². The van der Waals surface area contributed by atoms with E-state index in [-0.39, 0.29) is 11.5 Å². The summed E-state index contributed by atoms with van der Waals surface area (Å²) in [4.78, 5) is 0. The number of fused-ring (bicyclic) bond motifs is 10. The molecule has 4 aromatic carbocycles. The van der Waals surface area contributed by atoms with Crippen LogP contribution in [0.3, 0.4) is 0 Å². The second-order valence-corrected chi connectivity index (χ2v) is 21.3. The topological polar surface area (TPSA) is 84.6 Å². The maximum Gasteiger partial charge on any atom is 0.215 e. The van der Waals surface area contributed by atoms with Gasteiger partial charge in [-0.3, -0.25) is 0 Å². The molecule has 0 radical (unpaired) electrons. The number of hydrogen-bond acceptors (Lipinski definition) is 4. The second-order valence-electron chi connectivity index (χ2n) is 15.4. The molecule has 2 aromatic heterocycles. The Morgan fingerprint density at radius 3 is 1.39 bits per heavy atom. The Hall–Kier alpha value is -3.26. The van der Waals surface area contributed by atoms with Crippen LogP contribution in [0, 0.1) is 0 Å². The Morgan fingerprint density at radius 1 is 0.574 bits per heavy atom. The van der Waals surface area contributed by atoms with Crippen molar-refractivity contribution in [2.24, 2.45) is 0 Å². The molecule has 4 aliphatic heterocycles. The molecule has 4 aliphatic rings. The number of hydrogen-bond donors (Lipinski definition) is 0. The van der Waals surface area contributed by atoms with Gasteiger partial charge in [-0.2, -0.15) is 8.61 Å². The number of para-hydroxylation sites is 2. The van der Waals surface area contributed by atoms with Gasteiger partial charge >= 0.3 is 0 Å². The molecule has 0 saturated carbocycles. The van der Waals surface area contributed by atoms with Crippen LogP contribution in [0.1, 0.15) is 60.3 Å². The summed E-state index contributed by atoms with van der Waals surface area (Å²) < 4.78 is 60.9. The highest BCUT2D eigenvalue weighted by molar-refractivity contribution is 9.10. The monoisotopic (exact) mass is 888 g/mol. The standard InChI is InChI=1S/2C21H21BrN2O2S/c2*1-21-10-12-27(25,26)24(21)11-9-18-17-7-2-3-8-19(17)23(20(18)21)14-15-5-4-6-16(22)13-15/h2*2-8,13H,9-12,14H2,1H3/t2*21-/m11/s1. The van der Waals surface area contributed by atoms with E-state index in [9.17, 15) is 16.8 Å². The van der Waals surface area contributed by atoms with E-state index in [1.54, 1.807) is 8.61 Å². The number of sulfonamides is 2. The van der Waals surface area contributed by atoms with Crippen molar-refractivity contribution in [3.8, 4) is 0 Å². The fraction of sp³-hybridized carbons (Fsp3) is 0.333. The molecular weight excluding hydrogens is 848 g/mol. The van der Waals surface area contributed by atoms with E-state index < -0.39 is 31.1 Å². The van der Waals surface area contributed by atoms with Crippen molar-refractivity contribution in [1.29, 1.82) is 0 Å². The maximum absolute atomic E-state index is 12.7. The molecule has 0 bridgehead atoms. The molecule has 10 rings (SSSR count). The zero-order valence-electron chi connectivity index (χ0n) is 30.3. The molecule has 2 atom stereocenters. The summed E-state index contributed by atoms with van der Waals surface area (Å²) in [5.41, 5.74) is 8.85. The predicted molar refractivity (Wildman–Crippen MR) is 223 cm³/mol. The Bertz CT molecular complexity index is 2520. The van der Waals surface area contributed by atoms with Crippen molar-refractivity contribution in [3.63, 3.8) is 0 Å². The summed E-state index contributed by atoms with van der Waals surface area (Å²) in [5.74, 6) is 0.475. The van der Waals surface area contributed by atoms with Gasteiger partial charge in [0.25, 0.3) is 0 Å². The van der Waals surface area contributed by atoms with Crippen LogP contribution in [0.25, 0.3) is 21.8 Å². The normalized spacial score (nSPS) is 24.1. The van der Waals surface area contributed by atoms with E-state index in [1.165, 1.54) is 55.4 Å². The van der Waals surface area contributed by atoms with E-state index >= 15 is 0 Å². The molecule has 280 valence electrons. The van der Waals surface area contributed by atoms with Crippen molar-refractivity contribution in [2.75, 3.05) is 24.6 Å². The third kappa shape index (κ3) is 5.77. The fourth-order valence-corrected chi connectivity index (χ4v) is 14.8. The molecule has 0 unspecified atom stereocenters. The molecule has 0 aliphatic carbocycles. The minimum atomic E-state index is -3.17. The summed E-state index contributed by atoms with van der Waals surface area (Å²) in [6.45, 7) is 6.84. The third-order valence-electron chi connectivity index (χ3n) is 12.2. The molecule has 6 aromatic rings. The van der Waals surface area contributed by atoms with Crippen LogP contribution in [0.5, 0.6) is 0 Å². The first-order valence-corrected chi connectivity index (χ1v) is 23.3. The zero-order chi connectivity index (χ0) is 37.6. The molecule has 2 saturated heterocycles. The Balaban J connectivity index is 0.000000142. The Morgan fingerprint density at radius 2 is 0.981 bits per heavy atom. The van der Waals surface area contributed by atoms with Gasteiger partial charge in [0.15, 0.2) is 0 Å². The number of benzene rings is 4. The van der Waals surface area contributed by atoms with Gasteiger partial charge in [-0.1, -0.05) is 92.5 Å². The minimum absolute atomic E-state index is 0.237. The van der Waals surface area contributed by atoms with E-state index in [0.29, 0.717) is 25.9 Å². The van der Waals surface area contributed by atoms with E-state index in [1.807, 2.05) is 24.3 Å². The van der Waals surface area contributed by atoms with Gasteiger partial charge in [0, 0.05) is 68.3 Å². The first kappa shape index (κ1) is 36.4. The summed E-state index contributed by atoms with van der Waals surface area (Å²) in [6, 6.07) is 33.6. The van der Waals surface area contributed by atoms with Crippen LogP contribution < -0.4 is 0 Å². The average molecular weight is 891 g/mol. The van der Waals surface area contributed by atoms with Gasteiger partial charge in [-0.25, -0.2) is 16.8 Å². The average Bonchev–Trinajstić information content (AvgIpc) is 3.80. The summed E-state index contributed by atoms with van der Waals surface area (Å²) in [7, 11) is -6.34. The lowest BCUT2D eigenvalue weighted by Gasteiger charge is -2.39. The molecule has 2 fully saturated rings. The molecule has 0 spiro atoms. The predicted octanol–water partition coefficient (Wildman–Crippen LogP) is 8.52. The van der Waals surface area contributed by atoms with Crippen molar-refractivity contribution < 1.29 is 16.8 Å². The van der Waals surface area contributed by atoms with Crippen molar-refractivity contribution in [1.82, 2.24) is 17.7 Å². The molecular formula is C42H42Br2N4O4S2. The molecule has 12 heteroatoms. The third-order valence-corrected chi connectivity index (χ3v) is 17.2. The largest absolute Gasteiger partial charge is 0.338 e. The molecule has 0 amide bonds. The second kappa shape index (κ2) is 13.2. The Kier molecular flexibility index (Phi) is 8.87. The van der Waals surface area contributed by atoms with Gasteiger partial charge in [0.05, 0.1) is 22.6 Å². The van der Waals surface area contributed by atoms with E-state index in [0.717, 1.165) is 34.9 Å². The van der Waals surface area contributed by atoms with Gasteiger partial charge in [0.1, 0.15) is 0 Å². The number of halogens is 2. The summed E-state index contributed by atoms with van der Waals surface area (Å²) in [5, 5.41) is 2.51. The minimum Gasteiger partial charge on any atom is -0.338 e. The first-order valence-electron chi connectivity index (χ1n) is 18.5. The summed E-state index contributed by atoms with van der Waals surface area (Å²) >= 11 is 7.13. The lowest BCUT2D eigenvalue weighted by Crippen LogP contribution is -2.47. The maximum atomic E-state index is 12.7. The Labute approximate surface area is 334 Å². The van der Waals surface area contributed by atoms with Crippen LogP contribution in [0.4, 0.5) is 0 Å². The van der Waals surface area contributed by atoms with E-state index in [4.69, 9.17) is 0 Å². The van der Waals surface area contributed by atoms with Crippen LogP contribution in [0.15, 0.2) is 106 Å². The summed E-state index contributed by atoms with van der Waals surface area (Å²) in [6.07, 6.45) is 2.85. The van der Waals surface area contributed by atoms with Crippen molar-refractivity contribution in [3.05, 3.63) is 140 Å². The lowest BCUT2D eigenvalue weighted by molar-refractivity contribution is 0.201. The first-order chi connectivity index (χ1) is 25.8. The number of aromatic nitrogens is 2. The quantitative estimate of drug-likeness (QED) is 0.178. The smallest absolute Gasteiger partial charge is 0.215 e. The van der Waals surface area contributed by atoms with Gasteiger partial charge in [0.2, 0.25) is 20.0 Å². The molecule has 0 N–H and O–H groups in total. The number of nitrogens with zero attached hydrogens (tertiary/aromatic N) is 4. The fourth-order valence-electron chi connectivity index (χ4n) is 9.86. The van der Waals surface area contributed by atoms with Crippen molar-refractivity contribution >= 4 is 73.7 Å². The van der Waals surface area contributed by atoms with Crippen molar-refractivity contribution in [2.45, 2.75) is 63.7 Å². The molecule has 54 heavy (non-hydrogen) atoms. The van der Waals surface area contributed by atoms with Crippen LogP contribution in [-0.4, -0.2) is 59.2 Å². The van der Waals surface area contributed by atoms with Gasteiger partial charge in [-0.15, -0.1) is 0 Å². The SMILES string of the molecule is C[C@]12CCS(=O)(=O)N1CCc1c2n(Cc2cccc(Br)c2)c2ccccc12.C[C@]12CCS(=O)(=O)N1CCc1c2n(Cc2cccc(Br)c2)c2ccccc12. The van der Waals surface area contributed by atoms with Gasteiger partial charge < -0.3 is 9.13 Å². The lowest BCUT2D eigenvalue weighted by atomic mass is 9.86. The number of rotatable bonds is 4. The van der Waals surface area contributed by atoms with Crippen LogP contribution >= 0.6 is 31.9 Å². The van der Waals surface area contributed by atoms with Crippen LogP contribution in [0.2, 0.25) is 0 Å². The zero-order valence-corrected chi connectivity index (χ0v) is 35.1. The molecule has 8 nitrogen and oxygen atoms in total. The highest BCUT2D eigenvalue weighted by atomic mass is 79.9. The highest BCUT2D eigenvalue weighted by Gasteiger charge is 2.53. The highest BCUT2D eigenvalue weighted by Crippen LogP contribution is 2.49. The van der Waals surface area contributed by atoms with E-state index in [2.05, 4.69) is 128 Å². The van der Waals surface area contributed by atoms with Crippen LogP contribution in [-0.2, 0) is 57.1 Å².